The Bertz CT molecular complexity index is 6390. The minimum Gasteiger partial charge on any atom is -0.510 e. The van der Waals surface area contributed by atoms with E-state index in [0.29, 0.717) is 55.5 Å². The average molecular weight is 1490 g/mol. The van der Waals surface area contributed by atoms with Gasteiger partial charge in [0.2, 0.25) is 0 Å². The topological polar surface area (TPSA) is 35.9 Å². The Morgan fingerprint density at radius 1 is 0.424 bits per heavy atom. The molecule has 6 heteroatoms. The molecule has 0 saturated heterocycles. The zero-order chi connectivity index (χ0) is 87.0. The van der Waals surface area contributed by atoms with Crippen molar-refractivity contribution >= 4 is 32.8 Å². The first-order valence-corrected chi connectivity index (χ1v) is 32.9. The van der Waals surface area contributed by atoms with Crippen LogP contribution in [-0.2, 0) is 48.1 Å². The molecule has 5 nitrogen and oxygen atoms in total. The van der Waals surface area contributed by atoms with Gasteiger partial charge in [0.15, 0.2) is 0 Å². The molecule has 0 aliphatic rings. The number of ether oxygens (including phenoxy) is 1. The number of aromatic nitrogens is 4. The number of imidazole rings is 1. The van der Waals surface area contributed by atoms with Gasteiger partial charge in [-0.05, 0) is 176 Å². The van der Waals surface area contributed by atoms with Gasteiger partial charge in [-0.1, -0.05) is 279 Å². The average Bonchev–Trinajstić information content (AvgIpc) is 1.09. The van der Waals surface area contributed by atoms with Crippen molar-refractivity contribution in [3.8, 4) is 95.5 Å². The summed E-state index contributed by atoms with van der Waals surface area (Å²) in [7, 11) is 0. The molecule has 3 heterocycles. The van der Waals surface area contributed by atoms with Crippen molar-refractivity contribution in [3.05, 3.63) is 294 Å². The van der Waals surface area contributed by atoms with E-state index in [1.165, 1.54) is 12.3 Å². The Hall–Kier alpha value is -9.67. The first kappa shape index (κ1) is 46.6. The van der Waals surface area contributed by atoms with Crippen LogP contribution in [0.1, 0.15) is 166 Å². The Morgan fingerprint density at radius 2 is 0.939 bits per heavy atom. The first-order valence-electron chi connectivity index (χ1n) is 43.4. The van der Waals surface area contributed by atoms with Gasteiger partial charge in [0.05, 0.1) is 41.4 Å². The van der Waals surface area contributed by atoms with Crippen molar-refractivity contribution in [1.82, 2.24) is 14.1 Å². The zero-order valence-corrected chi connectivity index (χ0v) is 60.5. The number of para-hydroxylation sites is 1. The molecule has 11 aromatic carbocycles. The van der Waals surface area contributed by atoms with Crippen molar-refractivity contribution in [2.75, 3.05) is 0 Å². The monoisotopic (exact) mass is 1490 g/mol. The molecule has 0 aliphatic carbocycles. The maximum Gasteiger partial charge on any atom is 0.268 e. The summed E-state index contributed by atoms with van der Waals surface area (Å²) in [5, 5.41) is 1.43. The van der Waals surface area contributed by atoms with Crippen LogP contribution in [0.25, 0.3) is 117 Å². The van der Waals surface area contributed by atoms with E-state index in [4.69, 9.17) is 28.9 Å². The van der Waals surface area contributed by atoms with Crippen LogP contribution < -0.4 is 9.30 Å². The molecule has 0 fully saturated rings. The number of fused-ring (bicyclic) bond motifs is 4. The molecular weight excluding hydrogens is 1380 g/mol. The Balaban J connectivity index is 0.0000124. The molecular formula is C93H88N4OPt-2. The fourth-order valence-corrected chi connectivity index (χ4v) is 12.3. The second-order valence-electron chi connectivity index (χ2n) is 30.3. The molecule has 0 amide bonds. The maximum absolute atomic E-state index is 10.8. The molecule has 14 aromatic rings. The largest absolute Gasteiger partial charge is 0.510 e. The smallest absolute Gasteiger partial charge is 0.268 e. The third-order valence-electron chi connectivity index (χ3n) is 18.0. The zero-order valence-electron chi connectivity index (χ0n) is 79.2. The minimum atomic E-state index is -2.87. The normalized spacial score (nSPS) is 15.5. The molecule has 14 rings (SSSR count). The molecule has 0 saturated carbocycles. The second kappa shape index (κ2) is 25.9. The fraction of sp³-hybridized carbons (Fsp3) is 0.226. The number of rotatable bonds is 11. The minimum absolute atomic E-state index is 0. The SMILES string of the molecule is [2H]c1c([2H])c([2H])c(-c2cnc(-n3c4[c-]c(Oc5[c-]c(-n6[c-][n+](-c7c(-c8cc(C(C)(C)C)cc(C(C)(C)C)c8)cc(C(C)(C)C)cc7-c7c([2H])c(-c8c([2H])c([2H])c([2H])c([2H])c8[2H])c([2H])c(-c8c([2H])c([2H])c([2H])c([2H])c8[2H])c7[2H])c7ccc(-c8cc(C(C)(C)C)cc(C(C)(C)C)c8)cc76)ccc5)ccc4c4ccccc43)cc2C([2H])([2H])[2H])c([2H])c1[2H].[Pt]. The van der Waals surface area contributed by atoms with Gasteiger partial charge in [0.25, 0.3) is 6.33 Å². The first-order chi connectivity index (χ1) is 55.3. The summed E-state index contributed by atoms with van der Waals surface area (Å²) in [5.41, 5.74) is 4.95. The van der Waals surface area contributed by atoms with Gasteiger partial charge in [-0.25, -0.2) is 4.98 Å². The van der Waals surface area contributed by atoms with Gasteiger partial charge in [0.1, 0.15) is 5.82 Å². The van der Waals surface area contributed by atoms with Crippen molar-refractivity contribution in [2.24, 2.45) is 0 Å². The quantitative estimate of drug-likeness (QED) is 0.0956. The molecule has 0 N–H and O–H groups in total. The molecule has 0 unspecified atom stereocenters. The molecule has 3 aromatic heterocycles. The third-order valence-corrected chi connectivity index (χ3v) is 18.0. The third kappa shape index (κ3) is 13.6. The number of hydrogen-bond donors (Lipinski definition) is 0. The van der Waals surface area contributed by atoms with Crippen LogP contribution in [0.4, 0.5) is 0 Å². The Morgan fingerprint density at radius 3 is 1.51 bits per heavy atom. The number of benzene rings is 11. The maximum atomic E-state index is 10.8. The van der Waals surface area contributed by atoms with Crippen molar-refractivity contribution in [1.29, 1.82) is 0 Å². The summed E-state index contributed by atoms with van der Waals surface area (Å²) >= 11 is 0. The van der Waals surface area contributed by atoms with Crippen LogP contribution in [0.5, 0.6) is 11.5 Å². The van der Waals surface area contributed by atoms with Gasteiger partial charge in [-0.2, -0.15) is 18.2 Å². The number of pyridine rings is 1. The van der Waals surface area contributed by atoms with Crippen molar-refractivity contribution in [3.63, 3.8) is 0 Å². The summed E-state index contributed by atoms with van der Waals surface area (Å²) in [6.07, 6.45) is 5.00. The predicted octanol–water partition coefficient (Wildman–Crippen LogP) is 24.4. The molecule has 0 radical (unpaired) electrons. The van der Waals surface area contributed by atoms with Gasteiger partial charge in [-0.15, -0.1) is 29.7 Å². The van der Waals surface area contributed by atoms with E-state index in [0.717, 1.165) is 38.8 Å². The van der Waals surface area contributed by atoms with Crippen molar-refractivity contribution < 1.29 is 59.2 Å². The standard InChI is InChI=1S/C93H88N4O.Pt/c1-60-43-87(94-58-82(60)63-33-24-19-25-34-63)97-83-38-27-26-37-78(83)79-41-40-77(57-85(79)97)98-76-36-28-35-75(56-76)95-59-96(84-42-39-64(51-86(84)95)67-47-70(89(2,3)4)52-71(48-67)90(5,6)7)88-80(68-45-65(61-29-20-17-21-30-61)44-66(46-68)62-31-22-18-23-32-62)54-74(93(14,15)16)55-81(88)69-49-72(91(8,9)10)53-73(50-69)92(11,12)13;/h17-55,58H,1-16H3;/q-2;/i1D3,17D,18D,19D,20D,21D,22D,23D,24D,25D,29D,30D,31D,32D,33D,34D,44D,45D,46D;. The molecule has 99 heavy (non-hydrogen) atoms. The summed E-state index contributed by atoms with van der Waals surface area (Å²) < 4.78 is 205. The summed E-state index contributed by atoms with van der Waals surface area (Å²) in [6.45, 7) is 28.9. The Labute approximate surface area is 630 Å². The number of nitrogens with zero attached hydrogens (tertiary/aromatic N) is 4. The Kier molecular flexibility index (Phi) is 12.2. The van der Waals surface area contributed by atoms with Crippen molar-refractivity contribution in [2.45, 2.75) is 138 Å². The molecule has 0 bridgehead atoms. The van der Waals surface area contributed by atoms with E-state index in [9.17, 15) is 9.60 Å². The van der Waals surface area contributed by atoms with Gasteiger partial charge < -0.3 is 13.9 Å². The number of hydrogen-bond acceptors (Lipinski definition) is 2. The van der Waals surface area contributed by atoms with Gasteiger partial charge in [-0.3, -0.25) is 4.57 Å². The molecule has 0 spiro atoms. The van der Waals surface area contributed by atoms with E-state index < -0.39 is 154 Å². The summed E-state index contributed by atoms with van der Waals surface area (Å²) in [4.78, 5) is 4.77. The number of aryl methyl sites for hydroxylation is 1. The van der Waals surface area contributed by atoms with E-state index in [1.807, 2.05) is 84.5 Å². The van der Waals surface area contributed by atoms with Crippen LogP contribution in [-0.4, -0.2) is 14.1 Å². The van der Waals surface area contributed by atoms with E-state index in [2.05, 4.69) is 150 Å². The van der Waals surface area contributed by atoms with E-state index >= 15 is 0 Å². The summed E-state index contributed by atoms with van der Waals surface area (Å²) in [5.74, 6) is 0.501. The van der Waals surface area contributed by atoms with Crippen LogP contribution in [0, 0.1) is 25.3 Å². The molecule has 498 valence electrons. The van der Waals surface area contributed by atoms with Gasteiger partial charge >= 0.3 is 0 Å². The van der Waals surface area contributed by atoms with Crippen LogP contribution in [0.15, 0.2) is 242 Å². The second-order valence-corrected chi connectivity index (χ2v) is 30.3. The van der Waals surface area contributed by atoms with E-state index in [-0.39, 0.29) is 77.0 Å². The van der Waals surface area contributed by atoms with Crippen LogP contribution in [0.3, 0.4) is 0 Å². The van der Waals surface area contributed by atoms with Crippen LogP contribution in [0.2, 0.25) is 0 Å². The van der Waals surface area contributed by atoms with Gasteiger partial charge in [0, 0.05) is 54.0 Å². The molecule has 0 aliphatic heterocycles. The predicted molar refractivity (Wildman–Crippen MR) is 411 cm³/mol. The fourth-order valence-electron chi connectivity index (χ4n) is 12.3. The van der Waals surface area contributed by atoms with Crippen LogP contribution >= 0.6 is 0 Å². The van der Waals surface area contributed by atoms with E-state index in [1.54, 1.807) is 22.8 Å². The summed E-state index contributed by atoms with van der Waals surface area (Å²) in [6, 6.07) is 34.6. The molecule has 0 atom stereocenters.